The molecule has 100 valence electrons. The van der Waals surface area contributed by atoms with Crippen LogP contribution in [0.1, 0.15) is 40.5 Å². The van der Waals surface area contributed by atoms with E-state index in [9.17, 15) is 4.57 Å². The molecule has 1 unspecified atom stereocenters. The van der Waals surface area contributed by atoms with Gasteiger partial charge in [0, 0.05) is 32.9 Å². The van der Waals surface area contributed by atoms with E-state index in [1.165, 1.54) is 7.11 Å². The topological polar surface area (TPSA) is 55.6 Å². The third-order valence-corrected chi connectivity index (χ3v) is 4.47. The summed E-state index contributed by atoms with van der Waals surface area (Å²) in [6, 6.07) is 0.276. The normalized spacial score (nSPS) is 20.9. The molecule has 1 aliphatic rings. The molecule has 0 bridgehead atoms. The first-order valence-corrected chi connectivity index (χ1v) is 8.23. The van der Waals surface area contributed by atoms with Gasteiger partial charge in [0.1, 0.15) is 0 Å². The average molecular weight is 252 g/mol. The van der Waals surface area contributed by atoms with E-state index in [0.29, 0.717) is 0 Å². The van der Waals surface area contributed by atoms with Crippen molar-refractivity contribution < 1.29 is 9.09 Å². The molecule has 0 aliphatic carbocycles. The second kappa shape index (κ2) is 10.3. The predicted molar refractivity (Wildman–Crippen MR) is 72.0 cm³/mol. The van der Waals surface area contributed by atoms with Gasteiger partial charge in [-0.3, -0.25) is 4.57 Å². The summed E-state index contributed by atoms with van der Waals surface area (Å²) in [7, 11) is -1.00. The van der Waals surface area contributed by atoms with Crippen molar-refractivity contribution in [2.75, 3.05) is 26.9 Å². The SMILES string of the molecule is CC.CC.COP(C)(=O)N1CCC(N)CC1. The van der Waals surface area contributed by atoms with Crippen molar-refractivity contribution in [1.82, 2.24) is 4.67 Å². The predicted octanol–water partition coefficient (Wildman–Crippen LogP) is 2.93. The fourth-order valence-corrected chi connectivity index (χ4v) is 2.55. The highest BCUT2D eigenvalue weighted by Gasteiger charge is 2.28. The Morgan fingerprint density at radius 1 is 1.19 bits per heavy atom. The molecule has 0 aromatic rings. The van der Waals surface area contributed by atoms with Crippen molar-refractivity contribution in [2.24, 2.45) is 5.73 Å². The Morgan fingerprint density at radius 2 is 1.56 bits per heavy atom. The monoisotopic (exact) mass is 252 g/mol. The highest BCUT2D eigenvalue weighted by molar-refractivity contribution is 7.55. The molecule has 1 fully saturated rings. The summed E-state index contributed by atoms with van der Waals surface area (Å²) in [4.78, 5) is 0. The molecule has 0 amide bonds. The molecular formula is C11H29N2O2P. The molecule has 4 nitrogen and oxygen atoms in total. The van der Waals surface area contributed by atoms with Crippen molar-refractivity contribution in [3.8, 4) is 0 Å². The molecule has 16 heavy (non-hydrogen) atoms. The summed E-state index contributed by atoms with van der Waals surface area (Å²) in [6.07, 6.45) is 1.84. The van der Waals surface area contributed by atoms with E-state index >= 15 is 0 Å². The minimum atomic E-state index is -2.50. The van der Waals surface area contributed by atoms with Gasteiger partial charge in [0.2, 0.25) is 0 Å². The molecule has 0 radical (unpaired) electrons. The molecule has 1 rings (SSSR count). The zero-order valence-corrected chi connectivity index (χ0v) is 12.6. The van der Waals surface area contributed by atoms with Crippen LogP contribution in [0, 0.1) is 0 Å². The Bertz CT molecular complexity index is 192. The van der Waals surface area contributed by atoms with Crippen LogP contribution in [0.3, 0.4) is 0 Å². The average Bonchev–Trinajstić information content (AvgIpc) is 2.35. The second-order valence-corrected chi connectivity index (χ2v) is 5.81. The van der Waals surface area contributed by atoms with Crippen molar-refractivity contribution >= 4 is 7.52 Å². The van der Waals surface area contributed by atoms with Crippen LogP contribution in [0.2, 0.25) is 0 Å². The zero-order chi connectivity index (χ0) is 13.2. The molecular weight excluding hydrogens is 223 g/mol. The number of hydrogen-bond acceptors (Lipinski definition) is 3. The first kappa shape index (κ1) is 18.5. The molecule has 0 spiro atoms. The number of nitrogens with two attached hydrogens (primary N) is 1. The third kappa shape index (κ3) is 6.64. The Kier molecular flexibility index (Phi) is 11.9. The van der Waals surface area contributed by atoms with Crippen molar-refractivity contribution in [2.45, 2.75) is 46.6 Å². The van der Waals surface area contributed by atoms with E-state index in [-0.39, 0.29) is 6.04 Å². The van der Waals surface area contributed by atoms with E-state index < -0.39 is 7.52 Å². The van der Waals surface area contributed by atoms with Crippen LogP contribution < -0.4 is 5.73 Å². The molecule has 1 atom stereocenters. The number of piperidine rings is 1. The maximum absolute atomic E-state index is 11.7. The standard InChI is InChI=1S/C7H17N2O2P.2C2H6/c1-11-12(2,10)9-5-3-7(8)4-6-9;2*1-2/h7H,3-6,8H2,1-2H3;2*1-2H3. The Morgan fingerprint density at radius 3 is 1.88 bits per heavy atom. The van der Waals surface area contributed by atoms with E-state index in [0.717, 1.165) is 25.9 Å². The Hall–Kier alpha value is 0.110. The lowest BCUT2D eigenvalue weighted by Crippen LogP contribution is -2.37. The van der Waals surface area contributed by atoms with E-state index in [1.807, 2.05) is 32.4 Å². The van der Waals surface area contributed by atoms with Crippen molar-refractivity contribution in [1.29, 1.82) is 0 Å². The maximum atomic E-state index is 11.7. The molecule has 2 N–H and O–H groups in total. The summed E-state index contributed by atoms with van der Waals surface area (Å²) in [5.74, 6) is 0. The van der Waals surface area contributed by atoms with Crippen molar-refractivity contribution in [3.63, 3.8) is 0 Å². The van der Waals surface area contributed by atoms with E-state index in [1.54, 1.807) is 6.66 Å². The lowest BCUT2D eigenvalue weighted by Gasteiger charge is -2.33. The van der Waals surface area contributed by atoms with Crippen molar-refractivity contribution in [3.05, 3.63) is 0 Å². The quantitative estimate of drug-likeness (QED) is 0.768. The largest absolute Gasteiger partial charge is 0.328 e. The van der Waals surface area contributed by atoms with Crippen LogP contribution >= 0.6 is 7.52 Å². The molecule has 0 aromatic carbocycles. The Labute approximate surface area is 101 Å². The molecule has 0 saturated carbocycles. The molecule has 1 saturated heterocycles. The smallest absolute Gasteiger partial charge is 0.269 e. The number of rotatable bonds is 2. The zero-order valence-electron chi connectivity index (χ0n) is 11.7. The van der Waals surface area contributed by atoms with Gasteiger partial charge in [-0.1, -0.05) is 27.7 Å². The fraction of sp³-hybridized carbons (Fsp3) is 1.00. The minimum absolute atomic E-state index is 0.276. The van der Waals surface area contributed by atoms with Gasteiger partial charge in [-0.05, 0) is 12.8 Å². The summed E-state index contributed by atoms with van der Waals surface area (Å²) in [5, 5.41) is 0. The summed E-state index contributed by atoms with van der Waals surface area (Å²) in [6.45, 7) is 11.2. The third-order valence-electron chi connectivity index (χ3n) is 2.37. The second-order valence-electron chi connectivity index (χ2n) is 3.28. The van der Waals surface area contributed by atoms with Crippen LogP contribution in [0.5, 0.6) is 0 Å². The molecule has 1 heterocycles. The highest BCUT2D eigenvalue weighted by Crippen LogP contribution is 2.46. The van der Waals surface area contributed by atoms with E-state index in [2.05, 4.69) is 0 Å². The Balaban J connectivity index is 0. The van der Waals surface area contributed by atoms with Gasteiger partial charge in [0.25, 0.3) is 7.52 Å². The van der Waals surface area contributed by atoms with Gasteiger partial charge in [-0.2, -0.15) is 0 Å². The van der Waals surface area contributed by atoms with Gasteiger partial charge in [-0.15, -0.1) is 0 Å². The van der Waals surface area contributed by atoms with Crippen LogP contribution in [0.4, 0.5) is 0 Å². The minimum Gasteiger partial charge on any atom is -0.328 e. The first-order chi connectivity index (χ1) is 7.56. The maximum Gasteiger partial charge on any atom is 0.269 e. The summed E-state index contributed by atoms with van der Waals surface area (Å²) < 4.78 is 18.6. The highest BCUT2D eigenvalue weighted by atomic mass is 31.2. The summed E-state index contributed by atoms with van der Waals surface area (Å²) >= 11 is 0. The van der Waals surface area contributed by atoms with Crippen LogP contribution in [-0.2, 0) is 9.09 Å². The van der Waals surface area contributed by atoms with Crippen LogP contribution in [0.25, 0.3) is 0 Å². The number of nitrogens with zero attached hydrogens (tertiary/aromatic N) is 1. The van der Waals surface area contributed by atoms with Gasteiger partial charge in [0.05, 0.1) is 0 Å². The fourth-order valence-electron chi connectivity index (χ4n) is 1.36. The summed E-state index contributed by atoms with van der Waals surface area (Å²) in [5.41, 5.74) is 5.72. The number of hydrogen-bond donors (Lipinski definition) is 1. The first-order valence-electron chi connectivity index (χ1n) is 6.20. The van der Waals surface area contributed by atoms with Gasteiger partial charge in [-0.25, -0.2) is 4.67 Å². The molecule has 5 heteroatoms. The van der Waals surface area contributed by atoms with Gasteiger partial charge < -0.3 is 10.3 Å². The lowest BCUT2D eigenvalue weighted by atomic mass is 10.1. The van der Waals surface area contributed by atoms with E-state index in [4.69, 9.17) is 10.3 Å². The lowest BCUT2D eigenvalue weighted by molar-refractivity contribution is 0.267. The van der Waals surface area contributed by atoms with Gasteiger partial charge in [0.15, 0.2) is 0 Å². The molecule has 0 aromatic heterocycles. The molecule has 1 aliphatic heterocycles. The van der Waals surface area contributed by atoms with Gasteiger partial charge >= 0.3 is 0 Å². The van der Waals surface area contributed by atoms with Crippen LogP contribution in [-0.4, -0.2) is 37.6 Å². The van der Waals surface area contributed by atoms with Crippen LogP contribution in [0.15, 0.2) is 0 Å².